The topological polar surface area (TPSA) is 26.7 Å². The number of likely N-dealkylation sites (N-methyl/N-ethyl adjacent to an activating group) is 1. The van der Waals surface area contributed by atoms with Crippen molar-refractivity contribution in [3.05, 3.63) is 35.9 Å². The van der Waals surface area contributed by atoms with Crippen LogP contribution < -0.4 is 0 Å². The Bertz CT molecular complexity index is 389. The lowest BCUT2D eigenvalue weighted by atomic mass is 9.95. The molecule has 106 valence electrons. The number of likely N-dealkylation sites (tertiary alicyclic amines) is 1. The van der Waals surface area contributed by atoms with Crippen LogP contribution in [0.1, 0.15) is 25.3 Å². The summed E-state index contributed by atoms with van der Waals surface area (Å²) in [6.45, 7) is 4.81. The molecule has 1 saturated heterocycles. The van der Waals surface area contributed by atoms with Gasteiger partial charge in [0.2, 0.25) is 0 Å². The number of hydrogen-bond acceptors (Lipinski definition) is 3. The van der Waals surface area contributed by atoms with Gasteiger partial charge in [-0.2, -0.15) is 0 Å². The van der Waals surface area contributed by atoms with Crippen LogP contribution >= 0.6 is 0 Å². The first-order chi connectivity index (χ1) is 8.99. The third kappa shape index (κ3) is 3.78. The maximum atomic E-state index is 10.7. The third-order valence-electron chi connectivity index (χ3n) is 3.98. The van der Waals surface area contributed by atoms with E-state index < -0.39 is 5.60 Å². The minimum Gasteiger partial charge on any atom is -0.384 e. The van der Waals surface area contributed by atoms with E-state index >= 15 is 0 Å². The molecular formula is C16H26N2O. The van der Waals surface area contributed by atoms with Gasteiger partial charge in [-0.1, -0.05) is 30.3 Å². The first kappa shape index (κ1) is 14.5. The SMILES string of the molecule is CN(C)CC1CCCN1CC(C)(O)c1ccccc1. The minimum absolute atomic E-state index is 0.574. The van der Waals surface area contributed by atoms with Gasteiger partial charge >= 0.3 is 0 Å². The Labute approximate surface area is 116 Å². The molecule has 1 aliphatic rings. The van der Waals surface area contributed by atoms with Gasteiger partial charge in [-0.3, -0.25) is 4.90 Å². The molecule has 1 N–H and O–H groups in total. The highest BCUT2D eigenvalue weighted by Gasteiger charge is 2.32. The van der Waals surface area contributed by atoms with Gasteiger partial charge in [0.25, 0.3) is 0 Å². The van der Waals surface area contributed by atoms with Crippen molar-refractivity contribution in [2.45, 2.75) is 31.4 Å². The van der Waals surface area contributed by atoms with Crippen LogP contribution in [0.25, 0.3) is 0 Å². The summed E-state index contributed by atoms with van der Waals surface area (Å²) >= 11 is 0. The van der Waals surface area contributed by atoms with Crippen molar-refractivity contribution < 1.29 is 5.11 Å². The molecule has 2 rings (SSSR count). The summed E-state index contributed by atoms with van der Waals surface area (Å²) in [6.07, 6.45) is 2.48. The molecule has 0 spiro atoms. The Morgan fingerprint density at radius 3 is 2.63 bits per heavy atom. The van der Waals surface area contributed by atoms with Crippen molar-refractivity contribution in [3.63, 3.8) is 0 Å². The van der Waals surface area contributed by atoms with Gasteiger partial charge in [-0.15, -0.1) is 0 Å². The lowest BCUT2D eigenvalue weighted by Crippen LogP contribution is -2.44. The molecule has 0 bridgehead atoms. The molecule has 1 heterocycles. The van der Waals surface area contributed by atoms with Crippen LogP contribution in [0.5, 0.6) is 0 Å². The third-order valence-corrected chi connectivity index (χ3v) is 3.98. The molecule has 0 saturated carbocycles. The fourth-order valence-corrected chi connectivity index (χ4v) is 3.02. The summed E-state index contributed by atoms with van der Waals surface area (Å²) in [7, 11) is 4.23. The number of aliphatic hydroxyl groups is 1. The molecule has 0 aromatic heterocycles. The highest BCUT2D eigenvalue weighted by Crippen LogP contribution is 2.26. The molecule has 1 fully saturated rings. The van der Waals surface area contributed by atoms with Gasteiger partial charge < -0.3 is 10.0 Å². The second-order valence-electron chi connectivity index (χ2n) is 6.17. The number of hydrogen-bond donors (Lipinski definition) is 1. The molecule has 1 aromatic carbocycles. The van der Waals surface area contributed by atoms with E-state index in [0.717, 1.165) is 25.2 Å². The predicted octanol–water partition coefficient (Wildman–Crippen LogP) is 1.92. The summed E-state index contributed by atoms with van der Waals surface area (Å²) < 4.78 is 0. The van der Waals surface area contributed by atoms with Crippen LogP contribution in [0.15, 0.2) is 30.3 Å². The van der Waals surface area contributed by atoms with Crippen LogP contribution in [0.4, 0.5) is 0 Å². The Balaban J connectivity index is 2.03. The largest absolute Gasteiger partial charge is 0.384 e. The number of benzene rings is 1. The highest BCUT2D eigenvalue weighted by atomic mass is 16.3. The lowest BCUT2D eigenvalue weighted by Gasteiger charge is -2.34. The maximum Gasteiger partial charge on any atom is 0.0994 e. The van der Waals surface area contributed by atoms with Gasteiger partial charge in [0.05, 0.1) is 5.60 Å². The van der Waals surface area contributed by atoms with Crippen LogP contribution in [0, 0.1) is 0 Å². The summed E-state index contributed by atoms with van der Waals surface area (Å²) in [5.74, 6) is 0. The molecule has 0 aliphatic carbocycles. The predicted molar refractivity (Wildman–Crippen MR) is 79.2 cm³/mol. The van der Waals surface area contributed by atoms with E-state index in [4.69, 9.17) is 0 Å². The molecule has 1 aliphatic heterocycles. The van der Waals surface area contributed by atoms with E-state index in [0.29, 0.717) is 6.04 Å². The van der Waals surface area contributed by atoms with E-state index in [2.05, 4.69) is 23.9 Å². The van der Waals surface area contributed by atoms with E-state index in [9.17, 15) is 5.11 Å². The monoisotopic (exact) mass is 262 g/mol. The van der Waals surface area contributed by atoms with E-state index in [1.807, 2.05) is 37.3 Å². The zero-order valence-electron chi connectivity index (χ0n) is 12.3. The number of β-amino-alcohol motifs (C(OH)–C–C–N with tert-alkyl or cyclic N) is 1. The Kier molecular flexibility index (Phi) is 4.61. The van der Waals surface area contributed by atoms with Crippen LogP contribution in [0.3, 0.4) is 0 Å². The molecule has 0 radical (unpaired) electrons. The second kappa shape index (κ2) is 6.04. The van der Waals surface area contributed by atoms with Gasteiger partial charge in [0, 0.05) is 19.1 Å². The van der Waals surface area contributed by atoms with Gasteiger partial charge in [0.15, 0.2) is 0 Å². The van der Waals surface area contributed by atoms with Crippen molar-refractivity contribution in [2.75, 3.05) is 33.7 Å². The van der Waals surface area contributed by atoms with Crippen molar-refractivity contribution in [2.24, 2.45) is 0 Å². The molecular weight excluding hydrogens is 236 g/mol. The Morgan fingerprint density at radius 1 is 1.32 bits per heavy atom. The van der Waals surface area contributed by atoms with Crippen LogP contribution in [-0.4, -0.2) is 54.7 Å². The summed E-state index contributed by atoms with van der Waals surface area (Å²) in [5, 5.41) is 10.7. The van der Waals surface area contributed by atoms with Gasteiger partial charge in [-0.25, -0.2) is 0 Å². The lowest BCUT2D eigenvalue weighted by molar-refractivity contribution is 0.00926. The van der Waals surface area contributed by atoms with Crippen molar-refractivity contribution in [1.82, 2.24) is 9.80 Å². The molecule has 0 amide bonds. The van der Waals surface area contributed by atoms with E-state index in [1.165, 1.54) is 12.8 Å². The van der Waals surface area contributed by atoms with E-state index in [1.54, 1.807) is 0 Å². The van der Waals surface area contributed by atoms with Gasteiger partial charge in [0.1, 0.15) is 0 Å². The van der Waals surface area contributed by atoms with E-state index in [-0.39, 0.29) is 0 Å². The number of nitrogens with zero attached hydrogens (tertiary/aromatic N) is 2. The number of rotatable bonds is 5. The zero-order valence-corrected chi connectivity index (χ0v) is 12.3. The molecule has 2 unspecified atom stereocenters. The quantitative estimate of drug-likeness (QED) is 0.878. The summed E-state index contributed by atoms with van der Waals surface area (Å²) in [5.41, 5.74) is 0.237. The first-order valence-corrected chi connectivity index (χ1v) is 7.16. The minimum atomic E-state index is -0.768. The van der Waals surface area contributed by atoms with Gasteiger partial charge in [-0.05, 0) is 46.0 Å². The Hall–Kier alpha value is -0.900. The molecule has 3 heteroatoms. The molecule has 19 heavy (non-hydrogen) atoms. The highest BCUT2D eigenvalue weighted by molar-refractivity contribution is 5.22. The van der Waals surface area contributed by atoms with Crippen molar-refractivity contribution >= 4 is 0 Å². The van der Waals surface area contributed by atoms with Crippen molar-refractivity contribution in [3.8, 4) is 0 Å². The standard InChI is InChI=1S/C16H26N2O/c1-16(19,14-8-5-4-6-9-14)13-18-11-7-10-15(18)12-17(2)3/h4-6,8-9,15,19H,7,10-13H2,1-3H3. The average Bonchev–Trinajstić information content (AvgIpc) is 2.76. The first-order valence-electron chi connectivity index (χ1n) is 7.16. The maximum absolute atomic E-state index is 10.7. The normalized spacial score (nSPS) is 23.7. The fourth-order valence-electron chi connectivity index (χ4n) is 3.02. The Morgan fingerprint density at radius 2 is 2.00 bits per heavy atom. The smallest absolute Gasteiger partial charge is 0.0994 e. The molecule has 3 nitrogen and oxygen atoms in total. The fraction of sp³-hybridized carbons (Fsp3) is 0.625. The average molecular weight is 262 g/mol. The second-order valence-corrected chi connectivity index (χ2v) is 6.17. The van der Waals surface area contributed by atoms with Crippen LogP contribution in [-0.2, 0) is 5.60 Å². The zero-order chi connectivity index (χ0) is 13.9. The van der Waals surface area contributed by atoms with Crippen molar-refractivity contribution in [1.29, 1.82) is 0 Å². The molecule has 2 atom stereocenters. The van der Waals surface area contributed by atoms with Crippen LogP contribution in [0.2, 0.25) is 0 Å². The molecule has 1 aromatic rings. The summed E-state index contributed by atoms with van der Waals surface area (Å²) in [6, 6.07) is 10.6. The summed E-state index contributed by atoms with van der Waals surface area (Å²) in [4.78, 5) is 4.67.